The Labute approximate surface area is 139 Å². The summed E-state index contributed by atoms with van der Waals surface area (Å²) in [5, 5.41) is 0. The van der Waals surface area contributed by atoms with Gasteiger partial charge in [0.15, 0.2) is 17.3 Å². The number of benzene rings is 2. The normalized spacial score (nSPS) is 11.1. The summed E-state index contributed by atoms with van der Waals surface area (Å²) in [6.45, 7) is 3.74. The second-order valence-electron chi connectivity index (χ2n) is 5.37. The third-order valence-electron chi connectivity index (χ3n) is 3.19. The van der Waals surface area contributed by atoms with Crippen LogP contribution in [0, 0.1) is 11.6 Å². The molecule has 0 aliphatic heterocycles. The van der Waals surface area contributed by atoms with Crippen LogP contribution in [0.15, 0.2) is 42.5 Å². The zero-order valence-electron chi connectivity index (χ0n) is 13.7. The Morgan fingerprint density at radius 2 is 1.92 bits per heavy atom. The van der Waals surface area contributed by atoms with Gasteiger partial charge in [-0.25, -0.2) is 8.78 Å². The van der Waals surface area contributed by atoms with Crippen LogP contribution in [-0.4, -0.2) is 19.0 Å². The standard InChI is InChI=1S/C19H18F2O3/c1-12(2)24-19-13(5-4-6-18(19)23-3)7-10-17(22)15-11-14(20)8-9-16(15)21/h4-12H,1-3H3/b10-7+. The van der Waals surface area contributed by atoms with Crippen LogP contribution < -0.4 is 9.47 Å². The lowest BCUT2D eigenvalue weighted by atomic mass is 10.1. The van der Waals surface area contributed by atoms with E-state index in [0.29, 0.717) is 17.1 Å². The summed E-state index contributed by atoms with van der Waals surface area (Å²) in [7, 11) is 1.52. The zero-order chi connectivity index (χ0) is 17.7. The second kappa shape index (κ2) is 7.73. The van der Waals surface area contributed by atoms with E-state index in [1.165, 1.54) is 19.3 Å². The minimum absolute atomic E-state index is 0.0928. The van der Waals surface area contributed by atoms with Crippen molar-refractivity contribution in [3.05, 3.63) is 65.2 Å². The predicted octanol–water partition coefficient (Wildman–Crippen LogP) is 4.66. The highest BCUT2D eigenvalue weighted by Crippen LogP contribution is 2.33. The smallest absolute Gasteiger partial charge is 0.188 e. The van der Waals surface area contributed by atoms with E-state index in [1.807, 2.05) is 13.8 Å². The lowest BCUT2D eigenvalue weighted by molar-refractivity contribution is 0.104. The number of ketones is 1. The molecule has 0 aliphatic rings. The molecule has 0 unspecified atom stereocenters. The number of halogens is 2. The molecule has 0 fully saturated rings. The molecule has 0 N–H and O–H groups in total. The SMILES string of the molecule is COc1cccc(/C=C/C(=O)c2cc(F)ccc2F)c1OC(C)C. The van der Waals surface area contributed by atoms with Crippen molar-refractivity contribution >= 4 is 11.9 Å². The van der Waals surface area contributed by atoms with Gasteiger partial charge in [0, 0.05) is 5.56 Å². The summed E-state index contributed by atoms with van der Waals surface area (Å²) in [6, 6.07) is 7.99. The van der Waals surface area contributed by atoms with Crippen LogP contribution in [0.5, 0.6) is 11.5 Å². The Morgan fingerprint density at radius 1 is 1.17 bits per heavy atom. The molecule has 0 amide bonds. The summed E-state index contributed by atoms with van der Waals surface area (Å²) >= 11 is 0. The summed E-state index contributed by atoms with van der Waals surface area (Å²) < 4.78 is 37.8. The Morgan fingerprint density at radius 3 is 2.58 bits per heavy atom. The minimum Gasteiger partial charge on any atom is -0.493 e. The maximum Gasteiger partial charge on any atom is 0.188 e. The van der Waals surface area contributed by atoms with E-state index >= 15 is 0 Å². The quantitative estimate of drug-likeness (QED) is 0.570. The van der Waals surface area contributed by atoms with Gasteiger partial charge >= 0.3 is 0 Å². The molecule has 2 rings (SSSR count). The van der Waals surface area contributed by atoms with E-state index in [0.717, 1.165) is 18.2 Å². The van der Waals surface area contributed by atoms with Gasteiger partial charge < -0.3 is 9.47 Å². The maximum absolute atomic E-state index is 13.6. The highest BCUT2D eigenvalue weighted by atomic mass is 19.1. The first kappa shape index (κ1) is 17.7. The third-order valence-corrected chi connectivity index (χ3v) is 3.19. The lowest BCUT2D eigenvalue weighted by Crippen LogP contribution is -2.08. The maximum atomic E-state index is 13.6. The highest BCUT2D eigenvalue weighted by molar-refractivity contribution is 6.07. The van der Waals surface area contributed by atoms with Crippen molar-refractivity contribution < 1.29 is 23.0 Å². The molecule has 0 spiro atoms. The molecule has 3 nitrogen and oxygen atoms in total. The van der Waals surface area contributed by atoms with Crippen molar-refractivity contribution in [3.63, 3.8) is 0 Å². The van der Waals surface area contributed by atoms with Gasteiger partial charge in [-0.1, -0.05) is 12.1 Å². The molecule has 5 heteroatoms. The Kier molecular flexibility index (Phi) is 5.68. The van der Waals surface area contributed by atoms with Crippen molar-refractivity contribution in [2.75, 3.05) is 7.11 Å². The summed E-state index contributed by atoms with van der Waals surface area (Å²) in [4.78, 5) is 12.1. The zero-order valence-corrected chi connectivity index (χ0v) is 13.7. The average molecular weight is 332 g/mol. The monoisotopic (exact) mass is 332 g/mol. The van der Waals surface area contributed by atoms with E-state index in [2.05, 4.69) is 0 Å². The van der Waals surface area contributed by atoms with Crippen LogP contribution in [0.25, 0.3) is 6.08 Å². The van der Waals surface area contributed by atoms with Crippen LogP contribution >= 0.6 is 0 Å². The Balaban J connectivity index is 2.34. The molecule has 0 saturated carbocycles. The van der Waals surface area contributed by atoms with Crippen molar-refractivity contribution in [2.45, 2.75) is 20.0 Å². The Hall–Kier alpha value is -2.69. The van der Waals surface area contributed by atoms with Gasteiger partial charge in [0.25, 0.3) is 0 Å². The molecule has 24 heavy (non-hydrogen) atoms. The number of methoxy groups -OCH3 is 1. The molecular weight excluding hydrogens is 314 g/mol. The van der Waals surface area contributed by atoms with Crippen molar-refractivity contribution in [1.29, 1.82) is 0 Å². The van der Waals surface area contributed by atoms with Crippen LogP contribution in [0.2, 0.25) is 0 Å². The number of carbonyl (C=O) groups excluding carboxylic acids is 1. The topological polar surface area (TPSA) is 35.5 Å². The highest BCUT2D eigenvalue weighted by Gasteiger charge is 2.13. The number of hydrogen-bond donors (Lipinski definition) is 0. The first-order valence-electron chi connectivity index (χ1n) is 7.43. The molecule has 0 radical (unpaired) electrons. The van der Waals surface area contributed by atoms with E-state index < -0.39 is 17.4 Å². The second-order valence-corrected chi connectivity index (χ2v) is 5.37. The summed E-state index contributed by atoms with van der Waals surface area (Å²) in [6.07, 6.45) is 2.58. The number of allylic oxidation sites excluding steroid dienone is 1. The van der Waals surface area contributed by atoms with Crippen LogP contribution in [0.1, 0.15) is 29.8 Å². The predicted molar refractivity (Wildman–Crippen MR) is 88.5 cm³/mol. The molecule has 0 bridgehead atoms. The number of hydrogen-bond acceptors (Lipinski definition) is 3. The van der Waals surface area contributed by atoms with Gasteiger partial charge in [0.2, 0.25) is 0 Å². The van der Waals surface area contributed by atoms with E-state index in [1.54, 1.807) is 18.2 Å². The van der Waals surface area contributed by atoms with Crippen LogP contribution in [0.4, 0.5) is 8.78 Å². The van der Waals surface area contributed by atoms with Crippen molar-refractivity contribution in [3.8, 4) is 11.5 Å². The molecule has 0 aromatic heterocycles. The molecule has 2 aromatic carbocycles. The number of rotatable bonds is 6. The molecule has 126 valence electrons. The molecule has 0 saturated heterocycles. The van der Waals surface area contributed by atoms with Crippen molar-refractivity contribution in [1.82, 2.24) is 0 Å². The molecule has 0 aliphatic carbocycles. The van der Waals surface area contributed by atoms with Crippen LogP contribution in [-0.2, 0) is 0 Å². The lowest BCUT2D eigenvalue weighted by Gasteiger charge is -2.15. The fraction of sp³-hybridized carbons (Fsp3) is 0.211. The molecular formula is C19H18F2O3. The molecule has 0 atom stereocenters. The largest absolute Gasteiger partial charge is 0.493 e. The fourth-order valence-corrected chi connectivity index (χ4v) is 2.13. The number of carbonyl (C=O) groups is 1. The van der Waals surface area contributed by atoms with Gasteiger partial charge in [0.05, 0.1) is 18.8 Å². The average Bonchev–Trinajstić information content (AvgIpc) is 2.55. The van der Waals surface area contributed by atoms with E-state index in [4.69, 9.17) is 9.47 Å². The molecule has 0 heterocycles. The van der Waals surface area contributed by atoms with Gasteiger partial charge in [0.1, 0.15) is 11.6 Å². The van der Waals surface area contributed by atoms with Gasteiger partial charge in [-0.15, -0.1) is 0 Å². The summed E-state index contributed by atoms with van der Waals surface area (Å²) in [5.41, 5.74) is 0.286. The molecule has 2 aromatic rings. The van der Waals surface area contributed by atoms with E-state index in [9.17, 15) is 13.6 Å². The van der Waals surface area contributed by atoms with Crippen molar-refractivity contribution in [2.24, 2.45) is 0 Å². The number of para-hydroxylation sites is 1. The van der Waals surface area contributed by atoms with Gasteiger partial charge in [-0.05, 0) is 50.3 Å². The summed E-state index contributed by atoms with van der Waals surface area (Å²) in [5.74, 6) is -1.06. The first-order valence-corrected chi connectivity index (χ1v) is 7.43. The fourth-order valence-electron chi connectivity index (χ4n) is 2.13. The van der Waals surface area contributed by atoms with Gasteiger partial charge in [-0.3, -0.25) is 4.79 Å². The van der Waals surface area contributed by atoms with E-state index in [-0.39, 0.29) is 11.7 Å². The Bertz CT molecular complexity index is 767. The first-order chi connectivity index (χ1) is 11.4. The third kappa shape index (κ3) is 4.19. The van der Waals surface area contributed by atoms with Crippen LogP contribution in [0.3, 0.4) is 0 Å². The minimum atomic E-state index is -0.768. The van der Waals surface area contributed by atoms with Gasteiger partial charge in [-0.2, -0.15) is 0 Å². The number of ether oxygens (including phenoxy) is 2.